The summed E-state index contributed by atoms with van der Waals surface area (Å²) >= 11 is 1.63. The number of hydrogen-bond acceptors (Lipinski definition) is 3. The molecule has 2 unspecified atom stereocenters. The van der Waals surface area contributed by atoms with Gasteiger partial charge in [-0.1, -0.05) is 13.8 Å². The Balaban J connectivity index is 2.34. The summed E-state index contributed by atoms with van der Waals surface area (Å²) in [5, 5.41) is 18.5. The fraction of sp³-hybridized carbons (Fsp3) is 0.571. The number of amides is 2. The summed E-state index contributed by atoms with van der Waals surface area (Å²) in [6.07, 6.45) is 0.767. The maximum absolute atomic E-state index is 11.7. The first kappa shape index (κ1) is 16.5. The van der Waals surface area contributed by atoms with Gasteiger partial charge < -0.3 is 15.7 Å². The van der Waals surface area contributed by atoms with Crippen LogP contribution in [-0.4, -0.2) is 29.7 Å². The molecule has 0 saturated carbocycles. The molecule has 1 aromatic rings. The molecule has 112 valence electrons. The third-order valence-electron chi connectivity index (χ3n) is 3.10. The van der Waals surface area contributed by atoms with E-state index in [4.69, 9.17) is 5.11 Å². The van der Waals surface area contributed by atoms with Crippen molar-refractivity contribution < 1.29 is 14.7 Å². The number of rotatable bonds is 7. The van der Waals surface area contributed by atoms with E-state index < -0.39 is 11.9 Å². The van der Waals surface area contributed by atoms with Gasteiger partial charge in [0, 0.05) is 12.6 Å². The molecule has 1 rings (SSSR count). The minimum atomic E-state index is -0.883. The second-order valence-corrected chi connectivity index (χ2v) is 6.06. The van der Waals surface area contributed by atoms with E-state index in [1.807, 2.05) is 32.2 Å². The van der Waals surface area contributed by atoms with Crippen LogP contribution in [0, 0.1) is 11.8 Å². The molecule has 0 aromatic carbocycles. The number of nitrogens with one attached hydrogen (secondary N) is 2. The largest absolute Gasteiger partial charge is 0.481 e. The fourth-order valence-electron chi connectivity index (χ4n) is 1.90. The van der Waals surface area contributed by atoms with Gasteiger partial charge in [-0.2, -0.15) is 11.3 Å². The molecule has 1 aromatic heterocycles. The third-order valence-corrected chi connectivity index (χ3v) is 3.84. The molecule has 0 aliphatic rings. The zero-order valence-corrected chi connectivity index (χ0v) is 12.9. The van der Waals surface area contributed by atoms with Gasteiger partial charge in [-0.15, -0.1) is 0 Å². The number of carboxylic acids is 1. The van der Waals surface area contributed by atoms with Crippen LogP contribution in [0.5, 0.6) is 0 Å². The summed E-state index contributed by atoms with van der Waals surface area (Å²) in [7, 11) is 0. The maximum Gasteiger partial charge on any atom is 0.315 e. The molecule has 0 aliphatic heterocycles. The number of hydrogen-bond donors (Lipinski definition) is 3. The maximum atomic E-state index is 11.7. The topological polar surface area (TPSA) is 78.4 Å². The van der Waals surface area contributed by atoms with Crippen LogP contribution in [0.1, 0.15) is 26.3 Å². The molecule has 2 amide bonds. The molecule has 0 spiro atoms. The summed E-state index contributed by atoms with van der Waals surface area (Å²) < 4.78 is 0. The van der Waals surface area contributed by atoms with E-state index >= 15 is 0 Å². The minimum Gasteiger partial charge on any atom is -0.481 e. The average molecular weight is 298 g/mol. The summed E-state index contributed by atoms with van der Waals surface area (Å²) in [5.41, 5.74) is 1.19. The summed E-state index contributed by atoms with van der Waals surface area (Å²) in [5.74, 6) is -1.46. The van der Waals surface area contributed by atoms with Gasteiger partial charge in [0.15, 0.2) is 0 Å². The summed E-state index contributed by atoms with van der Waals surface area (Å²) in [6.45, 7) is 5.73. The normalized spacial score (nSPS) is 13.8. The van der Waals surface area contributed by atoms with Gasteiger partial charge in [0.2, 0.25) is 0 Å². The number of carbonyl (C=O) groups is 2. The molecule has 0 aliphatic carbocycles. The molecule has 6 heteroatoms. The standard InChI is InChI=1S/C14H22N2O3S/c1-9(2)12(13(17)18)7-15-14(19)16-10(3)6-11-4-5-20-8-11/h4-5,8-10,12H,6-7H2,1-3H3,(H,17,18)(H2,15,16,19). The van der Waals surface area contributed by atoms with Crippen molar-refractivity contribution in [3.8, 4) is 0 Å². The number of urea groups is 1. The molecule has 2 atom stereocenters. The molecule has 20 heavy (non-hydrogen) atoms. The summed E-state index contributed by atoms with van der Waals surface area (Å²) in [6, 6.07) is 1.71. The lowest BCUT2D eigenvalue weighted by atomic mass is 9.96. The molecule has 0 radical (unpaired) electrons. The molecule has 5 nitrogen and oxygen atoms in total. The van der Waals surface area contributed by atoms with Gasteiger partial charge in [-0.3, -0.25) is 4.79 Å². The summed E-state index contributed by atoms with van der Waals surface area (Å²) in [4.78, 5) is 22.7. The van der Waals surface area contributed by atoms with Crippen LogP contribution in [0.25, 0.3) is 0 Å². The number of aliphatic carboxylic acids is 1. The first-order chi connectivity index (χ1) is 9.40. The molecule has 3 N–H and O–H groups in total. The highest BCUT2D eigenvalue weighted by atomic mass is 32.1. The van der Waals surface area contributed by atoms with Crippen LogP contribution < -0.4 is 10.6 Å². The lowest BCUT2D eigenvalue weighted by Gasteiger charge is -2.18. The number of thiophene rings is 1. The van der Waals surface area contributed by atoms with Crippen LogP contribution >= 0.6 is 11.3 Å². The monoisotopic (exact) mass is 298 g/mol. The van der Waals surface area contributed by atoms with E-state index in [9.17, 15) is 9.59 Å². The Kier molecular flexibility index (Phi) is 6.51. The lowest BCUT2D eigenvalue weighted by molar-refractivity contribution is -0.142. The van der Waals surface area contributed by atoms with Crippen LogP contribution in [0.2, 0.25) is 0 Å². The molecule has 0 saturated heterocycles. The van der Waals surface area contributed by atoms with Crippen molar-refractivity contribution in [1.29, 1.82) is 0 Å². The van der Waals surface area contributed by atoms with Gasteiger partial charge in [0.1, 0.15) is 0 Å². The van der Waals surface area contributed by atoms with E-state index in [0.29, 0.717) is 0 Å². The van der Waals surface area contributed by atoms with Gasteiger partial charge in [-0.25, -0.2) is 4.79 Å². The van der Waals surface area contributed by atoms with Crippen molar-refractivity contribution in [2.45, 2.75) is 33.2 Å². The average Bonchev–Trinajstić information content (AvgIpc) is 2.80. The van der Waals surface area contributed by atoms with Crippen molar-refractivity contribution in [3.05, 3.63) is 22.4 Å². The minimum absolute atomic E-state index is 0.00641. The van der Waals surface area contributed by atoms with Crippen LogP contribution in [0.15, 0.2) is 16.8 Å². The second kappa shape index (κ2) is 7.89. The van der Waals surface area contributed by atoms with E-state index in [0.717, 1.165) is 6.42 Å². The van der Waals surface area contributed by atoms with Crippen molar-refractivity contribution >= 4 is 23.3 Å². The Morgan fingerprint density at radius 1 is 1.35 bits per heavy atom. The Hall–Kier alpha value is -1.56. The Morgan fingerprint density at radius 3 is 2.55 bits per heavy atom. The highest BCUT2D eigenvalue weighted by Crippen LogP contribution is 2.10. The number of carbonyl (C=O) groups excluding carboxylic acids is 1. The van der Waals surface area contributed by atoms with Crippen LogP contribution in [-0.2, 0) is 11.2 Å². The third kappa shape index (κ3) is 5.61. The predicted molar refractivity (Wildman–Crippen MR) is 80.0 cm³/mol. The first-order valence-electron chi connectivity index (χ1n) is 6.68. The zero-order valence-electron chi connectivity index (χ0n) is 12.1. The Bertz CT molecular complexity index is 432. The zero-order chi connectivity index (χ0) is 15.1. The van der Waals surface area contributed by atoms with Gasteiger partial charge in [0.05, 0.1) is 5.92 Å². The van der Waals surface area contributed by atoms with Gasteiger partial charge >= 0.3 is 12.0 Å². The van der Waals surface area contributed by atoms with E-state index in [2.05, 4.69) is 16.0 Å². The van der Waals surface area contributed by atoms with Crippen molar-refractivity contribution in [3.63, 3.8) is 0 Å². The second-order valence-electron chi connectivity index (χ2n) is 5.28. The predicted octanol–water partition coefficient (Wildman–Crippen LogP) is 2.34. The lowest BCUT2D eigenvalue weighted by Crippen LogP contribution is -2.45. The SMILES string of the molecule is CC(Cc1ccsc1)NC(=O)NCC(C(=O)O)C(C)C. The van der Waals surface area contributed by atoms with Crippen LogP contribution in [0.4, 0.5) is 4.79 Å². The van der Waals surface area contributed by atoms with Crippen molar-refractivity contribution in [2.24, 2.45) is 11.8 Å². The molecular weight excluding hydrogens is 276 g/mol. The van der Waals surface area contributed by atoms with Crippen LogP contribution in [0.3, 0.4) is 0 Å². The van der Waals surface area contributed by atoms with E-state index in [-0.39, 0.29) is 24.5 Å². The van der Waals surface area contributed by atoms with E-state index in [1.54, 1.807) is 11.3 Å². The molecule has 0 fully saturated rings. The van der Waals surface area contributed by atoms with Gasteiger partial charge in [0.25, 0.3) is 0 Å². The number of carboxylic acid groups (broad SMARTS) is 1. The van der Waals surface area contributed by atoms with Crippen molar-refractivity contribution in [2.75, 3.05) is 6.54 Å². The van der Waals surface area contributed by atoms with Crippen molar-refractivity contribution in [1.82, 2.24) is 10.6 Å². The highest BCUT2D eigenvalue weighted by molar-refractivity contribution is 7.07. The molecular formula is C14H22N2O3S. The Labute approximate surface area is 123 Å². The molecule has 0 bridgehead atoms. The molecule has 1 heterocycles. The Morgan fingerprint density at radius 2 is 2.05 bits per heavy atom. The van der Waals surface area contributed by atoms with E-state index in [1.165, 1.54) is 5.56 Å². The smallest absolute Gasteiger partial charge is 0.315 e. The highest BCUT2D eigenvalue weighted by Gasteiger charge is 2.22. The van der Waals surface area contributed by atoms with Gasteiger partial charge in [-0.05, 0) is 41.7 Å². The quantitative estimate of drug-likeness (QED) is 0.723. The fourth-order valence-corrected chi connectivity index (χ4v) is 2.58. The first-order valence-corrected chi connectivity index (χ1v) is 7.62.